The third-order valence-corrected chi connectivity index (χ3v) is 8.17. The monoisotopic (exact) mass is 555 g/mol. The van der Waals surface area contributed by atoms with Gasteiger partial charge in [0.1, 0.15) is 24.2 Å². The van der Waals surface area contributed by atoms with E-state index in [9.17, 15) is 22.4 Å². The van der Waals surface area contributed by atoms with Gasteiger partial charge in [0.25, 0.3) is 10.0 Å². The number of amides is 2. The molecule has 0 bridgehead atoms. The number of nitrogens with one attached hydrogen (secondary N) is 1. The fraction of sp³-hybridized carbons (Fsp3) is 0.310. The van der Waals surface area contributed by atoms with Gasteiger partial charge in [-0.05, 0) is 74.4 Å². The van der Waals surface area contributed by atoms with E-state index in [0.717, 1.165) is 28.6 Å². The molecule has 0 aliphatic heterocycles. The van der Waals surface area contributed by atoms with Gasteiger partial charge in [-0.15, -0.1) is 0 Å². The molecule has 0 aromatic heterocycles. The number of sulfonamides is 1. The Kier molecular flexibility index (Phi) is 10.1. The van der Waals surface area contributed by atoms with Crippen LogP contribution in [0.25, 0.3) is 0 Å². The molecule has 39 heavy (non-hydrogen) atoms. The van der Waals surface area contributed by atoms with E-state index in [4.69, 9.17) is 4.74 Å². The van der Waals surface area contributed by atoms with Crippen LogP contribution in [0, 0.1) is 5.82 Å². The van der Waals surface area contributed by atoms with Gasteiger partial charge in [0.15, 0.2) is 0 Å². The van der Waals surface area contributed by atoms with Crippen molar-refractivity contribution >= 4 is 27.5 Å². The lowest BCUT2D eigenvalue weighted by Gasteiger charge is -2.32. The zero-order chi connectivity index (χ0) is 28.6. The van der Waals surface area contributed by atoms with Crippen molar-refractivity contribution in [3.05, 3.63) is 90.2 Å². The molecule has 3 aromatic rings. The summed E-state index contributed by atoms with van der Waals surface area (Å²) in [4.78, 5) is 28.1. The number of para-hydroxylation sites is 1. The summed E-state index contributed by atoms with van der Waals surface area (Å²) in [5.41, 5.74) is 0.965. The highest BCUT2D eigenvalue weighted by Crippen LogP contribution is 2.25. The van der Waals surface area contributed by atoms with Crippen LogP contribution in [0.15, 0.2) is 83.8 Å². The summed E-state index contributed by atoms with van der Waals surface area (Å²) in [6, 6.07) is 18.7. The lowest BCUT2D eigenvalue weighted by molar-refractivity contribution is -0.139. The molecule has 8 nitrogen and oxygen atoms in total. The number of ether oxygens (including phenoxy) is 1. The van der Waals surface area contributed by atoms with Gasteiger partial charge >= 0.3 is 0 Å². The largest absolute Gasteiger partial charge is 0.497 e. The van der Waals surface area contributed by atoms with Crippen LogP contribution in [0.1, 0.15) is 32.8 Å². The first-order valence-electron chi connectivity index (χ1n) is 12.6. The van der Waals surface area contributed by atoms with Crippen LogP contribution in [0.5, 0.6) is 5.75 Å². The van der Waals surface area contributed by atoms with E-state index in [-0.39, 0.29) is 29.1 Å². The molecule has 0 aliphatic carbocycles. The van der Waals surface area contributed by atoms with E-state index >= 15 is 0 Å². The second-order valence-corrected chi connectivity index (χ2v) is 11.0. The lowest BCUT2D eigenvalue weighted by Crippen LogP contribution is -2.52. The van der Waals surface area contributed by atoms with Gasteiger partial charge in [-0.1, -0.05) is 37.3 Å². The molecule has 0 spiro atoms. The second kappa shape index (κ2) is 13.2. The minimum Gasteiger partial charge on any atom is -0.497 e. The van der Waals surface area contributed by atoms with E-state index in [2.05, 4.69) is 5.32 Å². The number of nitrogens with zero attached hydrogens (tertiary/aromatic N) is 2. The molecule has 0 saturated heterocycles. The van der Waals surface area contributed by atoms with Gasteiger partial charge < -0.3 is 15.0 Å². The third-order valence-electron chi connectivity index (χ3n) is 6.38. The van der Waals surface area contributed by atoms with Gasteiger partial charge in [0.2, 0.25) is 11.8 Å². The number of halogens is 1. The summed E-state index contributed by atoms with van der Waals surface area (Å²) < 4.78 is 47.2. The molecular formula is C29H34FN3O5S. The van der Waals surface area contributed by atoms with Crippen LogP contribution in [0.2, 0.25) is 0 Å². The SMILES string of the molecule is CC[C@@H](C)NC(=O)[C@@H](C)N(Cc1cccc(OC)c1)C(=O)CN(c1ccccc1)S(=O)(=O)c1ccc(F)cc1. The molecule has 2 amide bonds. The maximum Gasteiger partial charge on any atom is 0.264 e. The Morgan fingerprint density at radius 3 is 2.26 bits per heavy atom. The van der Waals surface area contributed by atoms with Crippen LogP contribution in [-0.4, -0.2) is 50.9 Å². The summed E-state index contributed by atoms with van der Waals surface area (Å²) >= 11 is 0. The van der Waals surface area contributed by atoms with E-state index in [1.807, 2.05) is 13.8 Å². The minimum absolute atomic E-state index is 0.0460. The number of carbonyl (C=O) groups is 2. The maximum atomic E-state index is 13.9. The molecule has 0 unspecified atom stereocenters. The molecule has 208 valence electrons. The van der Waals surface area contributed by atoms with E-state index in [1.165, 1.54) is 12.0 Å². The van der Waals surface area contributed by atoms with Crippen molar-refractivity contribution in [2.75, 3.05) is 18.0 Å². The number of benzene rings is 3. The Labute approximate surface area is 229 Å². The molecule has 3 rings (SSSR count). The van der Waals surface area contributed by atoms with E-state index in [0.29, 0.717) is 17.7 Å². The highest BCUT2D eigenvalue weighted by Gasteiger charge is 2.32. The Morgan fingerprint density at radius 2 is 1.64 bits per heavy atom. The Hall–Kier alpha value is -3.92. The van der Waals surface area contributed by atoms with Gasteiger partial charge in [-0.25, -0.2) is 12.8 Å². The average molecular weight is 556 g/mol. The van der Waals surface area contributed by atoms with Crippen LogP contribution >= 0.6 is 0 Å². The quantitative estimate of drug-likeness (QED) is 0.358. The summed E-state index contributed by atoms with van der Waals surface area (Å²) in [7, 11) is -2.72. The average Bonchev–Trinajstić information content (AvgIpc) is 2.94. The number of hydrogen-bond donors (Lipinski definition) is 1. The highest BCUT2D eigenvalue weighted by molar-refractivity contribution is 7.92. The van der Waals surface area contributed by atoms with Crippen LogP contribution in [0.4, 0.5) is 10.1 Å². The first-order valence-corrected chi connectivity index (χ1v) is 14.1. The van der Waals surface area contributed by atoms with Crippen LogP contribution in [0.3, 0.4) is 0 Å². The van der Waals surface area contributed by atoms with Gasteiger partial charge in [-0.2, -0.15) is 0 Å². The smallest absolute Gasteiger partial charge is 0.264 e. The van der Waals surface area contributed by atoms with Crippen LogP contribution < -0.4 is 14.4 Å². The van der Waals surface area contributed by atoms with Crippen LogP contribution in [-0.2, 0) is 26.2 Å². The first kappa shape index (κ1) is 29.6. The Bertz CT molecular complexity index is 1370. The third kappa shape index (κ3) is 7.57. The number of carbonyl (C=O) groups excluding carboxylic acids is 2. The minimum atomic E-state index is -4.25. The second-order valence-electron chi connectivity index (χ2n) is 9.17. The molecule has 0 saturated carbocycles. The standard InChI is InChI=1S/C29H34FN3O5S/c1-5-21(2)31-29(35)22(3)32(19-23-10-9-13-26(18-23)38-4)28(34)20-33(25-11-7-6-8-12-25)39(36,37)27-16-14-24(30)15-17-27/h6-18,21-22H,5,19-20H2,1-4H3,(H,31,35)/t21-,22-/m1/s1. The van der Waals surface area contributed by atoms with Gasteiger partial charge in [0.05, 0.1) is 17.7 Å². The van der Waals surface area contributed by atoms with Crippen molar-refractivity contribution in [3.8, 4) is 5.75 Å². The topological polar surface area (TPSA) is 96.0 Å². The molecule has 0 aliphatic rings. The number of rotatable bonds is 12. The summed E-state index contributed by atoms with van der Waals surface area (Å²) in [5.74, 6) is -0.935. The predicted molar refractivity (Wildman–Crippen MR) is 148 cm³/mol. The highest BCUT2D eigenvalue weighted by atomic mass is 32.2. The Balaban J connectivity index is 2.00. The molecule has 3 aromatic carbocycles. The van der Waals surface area contributed by atoms with E-state index < -0.39 is 34.3 Å². The number of hydrogen-bond acceptors (Lipinski definition) is 5. The summed E-state index contributed by atoms with van der Waals surface area (Å²) in [5, 5.41) is 2.89. The molecule has 0 radical (unpaired) electrons. The van der Waals surface area contributed by atoms with Crippen molar-refractivity contribution in [2.24, 2.45) is 0 Å². The van der Waals surface area contributed by atoms with E-state index in [1.54, 1.807) is 61.5 Å². The Morgan fingerprint density at radius 1 is 0.974 bits per heavy atom. The molecule has 1 N–H and O–H groups in total. The molecule has 2 atom stereocenters. The molecule has 0 heterocycles. The number of anilines is 1. The van der Waals surface area contributed by atoms with Gasteiger partial charge in [-0.3, -0.25) is 13.9 Å². The maximum absolute atomic E-state index is 13.9. The molecule has 0 fully saturated rings. The van der Waals surface area contributed by atoms with Gasteiger partial charge in [0, 0.05) is 12.6 Å². The molecule has 10 heteroatoms. The zero-order valence-corrected chi connectivity index (χ0v) is 23.3. The zero-order valence-electron chi connectivity index (χ0n) is 22.5. The lowest BCUT2D eigenvalue weighted by atomic mass is 10.1. The van der Waals surface area contributed by atoms with Crippen molar-refractivity contribution in [1.82, 2.24) is 10.2 Å². The predicted octanol–water partition coefficient (Wildman–Crippen LogP) is 4.36. The van der Waals surface area contributed by atoms with Crippen molar-refractivity contribution in [1.29, 1.82) is 0 Å². The van der Waals surface area contributed by atoms with Crippen molar-refractivity contribution in [2.45, 2.75) is 50.7 Å². The fourth-order valence-electron chi connectivity index (χ4n) is 3.87. The fourth-order valence-corrected chi connectivity index (χ4v) is 5.29. The van der Waals surface area contributed by atoms with Crippen molar-refractivity contribution in [3.63, 3.8) is 0 Å². The van der Waals surface area contributed by atoms with Crippen molar-refractivity contribution < 1.29 is 27.1 Å². The number of methoxy groups -OCH3 is 1. The first-order chi connectivity index (χ1) is 18.6. The normalized spacial score (nSPS) is 12.7. The molecular weight excluding hydrogens is 521 g/mol. The summed E-state index contributed by atoms with van der Waals surface area (Å²) in [6.45, 7) is 4.88. The summed E-state index contributed by atoms with van der Waals surface area (Å²) in [6.07, 6.45) is 0.708.